The molecule has 0 saturated carbocycles. The maximum Gasteiger partial charge on any atom is 0.218 e. The molecule has 1 N–H and O–H groups in total. The number of hydrogen-bond acceptors (Lipinski definition) is 6. The maximum absolute atomic E-state index is 11.3. The summed E-state index contributed by atoms with van der Waals surface area (Å²) in [4.78, 5) is 8.16. The molecule has 1 aromatic heterocycles. The van der Waals surface area contributed by atoms with Gasteiger partial charge in [-0.25, -0.2) is 13.4 Å². The van der Waals surface area contributed by atoms with Crippen LogP contribution in [0.1, 0.15) is 12.7 Å². The van der Waals surface area contributed by atoms with Gasteiger partial charge in [-0.15, -0.1) is 0 Å². The molecule has 1 rings (SSSR count). The van der Waals surface area contributed by atoms with Crippen LogP contribution in [-0.4, -0.2) is 43.5 Å². The highest BCUT2D eigenvalue weighted by Crippen LogP contribution is 2.12. The van der Waals surface area contributed by atoms with Gasteiger partial charge in [-0.05, 0) is 6.92 Å². The van der Waals surface area contributed by atoms with E-state index in [4.69, 9.17) is 4.74 Å². The Morgan fingerprint density at radius 1 is 1.41 bits per heavy atom. The van der Waals surface area contributed by atoms with Crippen LogP contribution in [0.3, 0.4) is 0 Å². The molecule has 0 fully saturated rings. The Hall–Kier alpha value is -1.37. The molecule has 0 saturated heterocycles. The third kappa shape index (κ3) is 4.56. The monoisotopic (exact) mass is 259 g/mol. The fourth-order valence-electron chi connectivity index (χ4n) is 1.21. The summed E-state index contributed by atoms with van der Waals surface area (Å²) in [6.45, 7) is 3.71. The number of nitrogens with one attached hydrogen (secondary N) is 1. The van der Waals surface area contributed by atoms with Crippen LogP contribution in [-0.2, 0) is 9.84 Å². The predicted octanol–water partition coefficient (Wildman–Crippen LogP) is 0.640. The molecule has 0 bridgehead atoms. The van der Waals surface area contributed by atoms with Gasteiger partial charge in [-0.3, -0.25) is 0 Å². The van der Waals surface area contributed by atoms with Crippen LogP contribution in [0.4, 0.5) is 5.82 Å². The number of methoxy groups -OCH3 is 1. The highest BCUT2D eigenvalue weighted by Gasteiger charge is 2.07. The Labute approximate surface area is 101 Å². The number of sulfone groups is 1. The van der Waals surface area contributed by atoms with Crippen LogP contribution >= 0.6 is 0 Å². The lowest BCUT2D eigenvalue weighted by molar-refractivity contribution is 0.396. The largest absolute Gasteiger partial charge is 0.481 e. The van der Waals surface area contributed by atoms with Gasteiger partial charge in [0.15, 0.2) is 9.84 Å². The molecule has 1 heterocycles. The minimum Gasteiger partial charge on any atom is -0.481 e. The molecule has 0 spiro atoms. The summed E-state index contributed by atoms with van der Waals surface area (Å²) in [6.07, 6.45) is 0. The van der Waals surface area contributed by atoms with Gasteiger partial charge in [-0.1, -0.05) is 6.92 Å². The zero-order chi connectivity index (χ0) is 12.9. The van der Waals surface area contributed by atoms with Crippen molar-refractivity contribution in [1.82, 2.24) is 9.97 Å². The topological polar surface area (TPSA) is 81.2 Å². The second kappa shape index (κ2) is 5.81. The van der Waals surface area contributed by atoms with Crippen molar-refractivity contribution >= 4 is 15.7 Å². The van der Waals surface area contributed by atoms with Gasteiger partial charge in [0.05, 0.1) is 12.9 Å². The lowest BCUT2D eigenvalue weighted by atomic mass is 10.5. The molecule has 0 aliphatic carbocycles. The summed E-state index contributed by atoms with van der Waals surface area (Å²) in [6, 6.07) is 1.63. The van der Waals surface area contributed by atoms with Crippen molar-refractivity contribution < 1.29 is 13.2 Å². The first-order valence-electron chi connectivity index (χ1n) is 5.31. The van der Waals surface area contributed by atoms with Crippen molar-refractivity contribution in [2.45, 2.75) is 13.8 Å². The minimum absolute atomic E-state index is 0.0921. The number of anilines is 1. The van der Waals surface area contributed by atoms with Crippen molar-refractivity contribution in [3.8, 4) is 5.88 Å². The normalized spacial score (nSPS) is 11.2. The number of nitrogens with zero attached hydrogens (tertiary/aromatic N) is 2. The molecule has 0 aromatic carbocycles. The average Bonchev–Trinajstić information content (AvgIpc) is 2.28. The molecular weight excluding hydrogens is 242 g/mol. The first kappa shape index (κ1) is 13.7. The summed E-state index contributed by atoms with van der Waals surface area (Å²) in [5, 5.41) is 2.94. The second-order valence-corrected chi connectivity index (χ2v) is 5.98. The predicted molar refractivity (Wildman–Crippen MR) is 66.1 cm³/mol. The number of ether oxygens (including phenoxy) is 1. The molecule has 0 aliphatic heterocycles. The molecule has 7 heteroatoms. The third-order valence-electron chi connectivity index (χ3n) is 2.18. The Morgan fingerprint density at radius 2 is 2.12 bits per heavy atom. The van der Waals surface area contributed by atoms with E-state index in [2.05, 4.69) is 15.3 Å². The molecule has 96 valence electrons. The van der Waals surface area contributed by atoms with Gasteiger partial charge in [0.1, 0.15) is 11.6 Å². The SMILES string of the molecule is CCS(=O)(=O)CCNc1cc(OC)nc(C)n1. The molecular formula is C10H17N3O3S. The van der Waals surface area contributed by atoms with Crippen LogP contribution in [0.15, 0.2) is 6.07 Å². The zero-order valence-electron chi connectivity index (χ0n) is 10.2. The fraction of sp³-hybridized carbons (Fsp3) is 0.600. The first-order chi connectivity index (χ1) is 7.96. The van der Waals surface area contributed by atoms with Crippen molar-refractivity contribution in [3.63, 3.8) is 0 Å². The van der Waals surface area contributed by atoms with Gasteiger partial charge in [-0.2, -0.15) is 4.98 Å². The third-order valence-corrected chi connectivity index (χ3v) is 3.89. The van der Waals surface area contributed by atoms with Crippen LogP contribution in [0.5, 0.6) is 5.88 Å². The molecule has 1 aromatic rings. The lowest BCUT2D eigenvalue weighted by Gasteiger charge is -2.07. The Bertz CT molecular complexity index is 474. The molecule has 0 aliphatic rings. The van der Waals surface area contributed by atoms with Crippen LogP contribution in [0.25, 0.3) is 0 Å². The van der Waals surface area contributed by atoms with E-state index in [1.807, 2.05) is 0 Å². The maximum atomic E-state index is 11.3. The molecule has 0 unspecified atom stereocenters. The van der Waals surface area contributed by atoms with Gasteiger partial charge in [0.25, 0.3) is 0 Å². The molecule has 17 heavy (non-hydrogen) atoms. The highest BCUT2D eigenvalue weighted by atomic mass is 32.2. The second-order valence-electron chi connectivity index (χ2n) is 3.51. The van der Waals surface area contributed by atoms with Gasteiger partial charge >= 0.3 is 0 Å². The van der Waals surface area contributed by atoms with Crippen molar-refractivity contribution in [1.29, 1.82) is 0 Å². The van der Waals surface area contributed by atoms with E-state index in [1.54, 1.807) is 19.9 Å². The van der Waals surface area contributed by atoms with E-state index in [1.165, 1.54) is 7.11 Å². The number of hydrogen-bond donors (Lipinski definition) is 1. The standard InChI is InChI=1S/C10H17N3O3S/c1-4-17(14,15)6-5-11-9-7-10(16-3)13-8(2)12-9/h7H,4-6H2,1-3H3,(H,11,12,13). The molecule has 0 atom stereocenters. The summed E-state index contributed by atoms with van der Waals surface area (Å²) in [5.41, 5.74) is 0. The quantitative estimate of drug-likeness (QED) is 0.807. The van der Waals surface area contributed by atoms with E-state index < -0.39 is 9.84 Å². The smallest absolute Gasteiger partial charge is 0.218 e. The Kier molecular flexibility index (Phi) is 4.68. The number of aromatic nitrogens is 2. The Balaban J connectivity index is 2.61. The van der Waals surface area contributed by atoms with E-state index in [0.717, 1.165) is 0 Å². The summed E-state index contributed by atoms with van der Waals surface area (Å²) in [7, 11) is -1.43. The molecule has 6 nitrogen and oxygen atoms in total. The van der Waals surface area contributed by atoms with E-state index in [0.29, 0.717) is 24.1 Å². The van der Waals surface area contributed by atoms with Crippen LogP contribution in [0.2, 0.25) is 0 Å². The number of rotatable bonds is 6. The van der Waals surface area contributed by atoms with Gasteiger partial charge in [0, 0.05) is 18.4 Å². The summed E-state index contributed by atoms with van der Waals surface area (Å²) in [5.74, 6) is 1.85. The number of aryl methyl sites for hydroxylation is 1. The highest BCUT2D eigenvalue weighted by molar-refractivity contribution is 7.91. The van der Waals surface area contributed by atoms with Crippen LogP contribution in [0, 0.1) is 6.92 Å². The van der Waals surface area contributed by atoms with E-state index in [9.17, 15) is 8.42 Å². The average molecular weight is 259 g/mol. The summed E-state index contributed by atoms with van der Waals surface area (Å²) < 4.78 is 27.6. The minimum atomic E-state index is -2.95. The van der Waals surface area contributed by atoms with Gasteiger partial charge in [0.2, 0.25) is 5.88 Å². The lowest BCUT2D eigenvalue weighted by Crippen LogP contribution is -2.17. The van der Waals surface area contributed by atoms with Crippen molar-refractivity contribution in [2.24, 2.45) is 0 Å². The van der Waals surface area contributed by atoms with Crippen molar-refractivity contribution in [2.75, 3.05) is 30.5 Å². The van der Waals surface area contributed by atoms with Crippen molar-refractivity contribution in [3.05, 3.63) is 11.9 Å². The molecule has 0 amide bonds. The fourth-order valence-corrected chi connectivity index (χ4v) is 1.92. The summed E-state index contributed by atoms with van der Waals surface area (Å²) >= 11 is 0. The van der Waals surface area contributed by atoms with E-state index >= 15 is 0 Å². The first-order valence-corrected chi connectivity index (χ1v) is 7.13. The Morgan fingerprint density at radius 3 is 2.71 bits per heavy atom. The van der Waals surface area contributed by atoms with Gasteiger partial charge < -0.3 is 10.1 Å². The van der Waals surface area contributed by atoms with E-state index in [-0.39, 0.29) is 11.5 Å². The zero-order valence-corrected chi connectivity index (χ0v) is 11.0. The van der Waals surface area contributed by atoms with Crippen LogP contribution < -0.4 is 10.1 Å². The molecule has 0 radical (unpaired) electrons.